The average Bonchev–Trinajstić information content (AvgIpc) is 3.00. The van der Waals surface area contributed by atoms with E-state index in [9.17, 15) is 0 Å². The smallest absolute Gasteiger partial charge is 0.109 e. The predicted octanol–water partition coefficient (Wildman–Crippen LogP) is 2.65. The van der Waals surface area contributed by atoms with Crippen LogP contribution in [0.5, 0.6) is 0 Å². The van der Waals surface area contributed by atoms with Gasteiger partial charge in [0.25, 0.3) is 0 Å². The van der Waals surface area contributed by atoms with Gasteiger partial charge in [0.1, 0.15) is 5.82 Å². The molecule has 0 bridgehead atoms. The zero-order valence-electron chi connectivity index (χ0n) is 9.73. The number of aromatic nitrogens is 2. The van der Waals surface area contributed by atoms with E-state index in [-0.39, 0.29) is 0 Å². The van der Waals surface area contributed by atoms with Crippen LogP contribution in [-0.2, 0) is 0 Å². The molecular weight excluding hydrogens is 214 g/mol. The number of hydrogen-bond acceptors (Lipinski definition) is 3. The minimum absolute atomic E-state index is 0.384. The third-order valence-corrected chi connectivity index (χ3v) is 3.59. The third kappa shape index (κ3) is 2.13. The fraction of sp³-hybridized carbons (Fsp3) is 0.462. The van der Waals surface area contributed by atoms with Crippen LogP contribution in [0.15, 0.2) is 29.2 Å². The summed E-state index contributed by atoms with van der Waals surface area (Å²) in [7, 11) is 0. The normalized spacial score (nSPS) is 25.0. The van der Waals surface area contributed by atoms with E-state index in [0.717, 1.165) is 42.8 Å². The summed E-state index contributed by atoms with van der Waals surface area (Å²) in [4.78, 5) is 7.87. The van der Waals surface area contributed by atoms with Gasteiger partial charge < -0.3 is 15.1 Å². The lowest BCUT2D eigenvalue weighted by molar-refractivity contribution is 0.386. The zero-order chi connectivity index (χ0) is 11.7. The van der Waals surface area contributed by atoms with Crippen LogP contribution in [0.2, 0.25) is 0 Å². The number of aromatic amines is 1. The maximum atomic E-state index is 5.91. The van der Waals surface area contributed by atoms with Gasteiger partial charge in [-0.15, -0.1) is 0 Å². The minimum Gasteiger partial charge on any atom is -0.472 e. The molecule has 0 spiro atoms. The predicted molar refractivity (Wildman–Crippen MR) is 65.5 cm³/mol. The quantitative estimate of drug-likeness (QED) is 0.834. The van der Waals surface area contributed by atoms with E-state index in [1.54, 1.807) is 12.5 Å². The van der Waals surface area contributed by atoms with Crippen molar-refractivity contribution in [3.05, 3.63) is 30.6 Å². The molecule has 4 nitrogen and oxygen atoms in total. The molecule has 2 heterocycles. The molecule has 0 aliphatic heterocycles. The van der Waals surface area contributed by atoms with Crippen molar-refractivity contribution >= 4 is 0 Å². The van der Waals surface area contributed by atoms with E-state index in [1.807, 2.05) is 12.3 Å². The largest absolute Gasteiger partial charge is 0.472 e. The van der Waals surface area contributed by atoms with Crippen molar-refractivity contribution < 1.29 is 4.42 Å². The van der Waals surface area contributed by atoms with E-state index in [1.165, 1.54) is 0 Å². The number of nitrogens with one attached hydrogen (secondary N) is 1. The molecule has 0 saturated heterocycles. The Morgan fingerprint density at radius 2 is 2.12 bits per heavy atom. The summed E-state index contributed by atoms with van der Waals surface area (Å²) in [5.74, 6) is 1.63. The van der Waals surface area contributed by atoms with Crippen LogP contribution in [0.3, 0.4) is 0 Å². The third-order valence-electron chi connectivity index (χ3n) is 3.59. The van der Waals surface area contributed by atoms with Gasteiger partial charge in [0, 0.05) is 17.5 Å². The van der Waals surface area contributed by atoms with Crippen molar-refractivity contribution in [3.8, 4) is 11.3 Å². The summed E-state index contributed by atoms with van der Waals surface area (Å²) >= 11 is 0. The van der Waals surface area contributed by atoms with Crippen LogP contribution in [0.1, 0.15) is 37.4 Å². The van der Waals surface area contributed by atoms with E-state index in [4.69, 9.17) is 10.2 Å². The summed E-state index contributed by atoms with van der Waals surface area (Å²) in [5.41, 5.74) is 8.00. The van der Waals surface area contributed by atoms with Crippen molar-refractivity contribution in [1.82, 2.24) is 9.97 Å². The lowest BCUT2D eigenvalue weighted by Crippen LogP contribution is -2.26. The molecular formula is C13H17N3O. The van der Waals surface area contributed by atoms with E-state index in [0.29, 0.717) is 12.0 Å². The van der Waals surface area contributed by atoms with Gasteiger partial charge in [0.05, 0.1) is 24.4 Å². The van der Waals surface area contributed by atoms with Crippen LogP contribution < -0.4 is 5.73 Å². The maximum absolute atomic E-state index is 5.91. The number of imidazole rings is 1. The molecule has 0 radical (unpaired) electrons. The Morgan fingerprint density at radius 1 is 1.29 bits per heavy atom. The number of rotatable bonds is 2. The summed E-state index contributed by atoms with van der Waals surface area (Å²) in [6, 6.07) is 2.32. The average molecular weight is 231 g/mol. The second-order valence-corrected chi connectivity index (χ2v) is 4.81. The first-order valence-electron chi connectivity index (χ1n) is 6.16. The van der Waals surface area contributed by atoms with Crippen molar-refractivity contribution in [3.63, 3.8) is 0 Å². The standard InChI is InChI=1S/C13H17N3O/c14-11-3-1-9(2-4-11)13-15-7-12(16-13)10-5-6-17-8-10/h5-9,11H,1-4,14H2,(H,15,16). The SMILES string of the molecule is NC1CCC(c2ncc(-c3ccoc3)[nH]2)CC1. The highest BCUT2D eigenvalue weighted by molar-refractivity contribution is 5.56. The van der Waals surface area contributed by atoms with Gasteiger partial charge in [0.2, 0.25) is 0 Å². The van der Waals surface area contributed by atoms with Crippen molar-refractivity contribution in [1.29, 1.82) is 0 Å². The Bertz CT molecular complexity index is 467. The summed E-state index contributed by atoms with van der Waals surface area (Å²) in [6.45, 7) is 0. The number of nitrogens with zero attached hydrogens (tertiary/aromatic N) is 1. The highest BCUT2D eigenvalue weighted by Crippen LogP contribution is 2.31. The molecule has 3 N–H and O–H groups in total. The highest BCUT2D eigenvalue weighted by Gasteiger charge is 2.22. The first kappa shape index (κ1) is 10.6. The highest BCUT2D eigenvalue weighted by atomic mass is 16.3. The number of furan rings is 1. The molecule has 2 aromatic rings. The molecule has 0 unspecified atom stereocenters. The summed E-state index contributed by atoms with van der Waals surface area (Å²) < 4.78 is 5.07. The van der Waals surface area contributed by atoms with E-state index >= 15 is 0 Å². The monoisotopic (exact) mass is 231 g/mol. The zero-order valence-corrected chi connectivity index (χ0v) is 9.73. The summed E-state index contributed by atoms with van der Waals surface area (Å²) in [5, 5.41) is 0. The molecule has 4 heteroatoms. The number of nitrogens with two attached hydrogens (primary N) is 1. The topological polar surface area (TPSA) is 67.8 Å². The van der Waals surface area contributed by atoms with Crippen molar-refractivity contribution in [2.24, 2.45) is 5.73 Å². The molecule has 1 fully saturated rings. The fourth-order valence-electron chi connectivity index (χ4n) is 2.50. The molecule has 3 rings (SSSR count). The van der Waals surface area contributed by atoms with Crippen LogP contribution in [0.4, 0.5) is 0 Å². The number of H-pyrrole nitrogens is 1. The summed E-state index contributed by atoms with van der Waals surface area (Å²) in [6.07, 6.45) is 9.77. The lowest BCUT2D eigenvalue weighted by Gasteiger charge is -2.24. The molecule has 17 heavy (non-hydrogen) atoms. The molecule has 0 atom stereocenters. The van der Waals surface area contributed by atoms with Gasteiger partial charge in [-0.1, -0.05) is 0 Å². The Balaban J connectivity index is 1.76. The van der Waals surface area contributed by atoms with Crippen LogP contribution in [0.25, 0.3) is 11.3 Å². The van der Waals surface area contributed by atoms with Gasteiger partial charge in [-0.2, -0.15) is 0 Å². The lowest BCUT2D eigenvalue weighted by atomic mass is 9.86. The second kappa shape index (κ2) is 4.37. The Labute approximate surface area is 100 Å². The maximum Gasteiger partial charge on any atom is 0.109 e. The molecule has 0 aromatic carbocycles. The first-order valence-corrected chi connectivity index (χ1v) is 6.16. The molecule has 0 amide bonds. The molecule has 2 aromatic heterocycles. The second-order valence-electron chi connectivity index (χ2n) is 4.81. The molecule has 1 aliphatic rings. The number of hydrogen-bond donors (Lipinski definition) is 2. The van der Waals surface area contributed by atoms with Crippen molar-refractivity contribution in [2.75, 3.05) is 0 Å². The van der Waals surface area contributed by atoms with Gasteiger partial charge >= 0.3 is 0 Å². The first-order chi connectivity index (χ1) is 8.33. The van der Waals surface area contributed by atoms with Crippen molar-refractivity contribution in [2.45, 2.75) is 37.6 Å². The Kier molecular flexibility index (Phi) is 2.73. The van der Waals surface area contributed by atoms with Gasteiger partial charge in [0.15, 0.2) is 0 Å². The Hall–Kier alpha value is -1.55. The van der Waals surface area contributed by atoms with Gasteiger partial charge in [-0.3, -0.25) is 0 Å². The Morgan fingerprint density at radius 3 is 2.82 bits per heavy atom. The van der Waals surface area contributed by atoms with E-state index in [2.05, 4.69) is 9.97 Å². The van der Waals surface area contributed by atoms with E-state index < -0.39 is 0 Å². The molecule has 90 valence electrons. The minimum atomic E-state index is 0.384. The molecule has 1 saturated carbocycles. The van der Waals surface area contributed by atoms with Crippen LogP contribution in [-0.4, -0.2) is 16.0 Å². The van der Waals surface area contributed by atoms with Gasteiger partial charge in [-0.05, 0) is 31.7 Å². The molecule has 1 aliphatic carbocycles. The van der Waals surface area contributed by atoms with Gasteiger partial charge in [-0.25, -0.2) is 4.98 Å². The fourth-order valence-corrected chi connectivity index (χ4v) is 2.50. The van der Waals surface area contributed by atoms with Crippen LogP contribution >= 0.6 is 0 Å². The van der Waals surface area contributed by atoms with Crippen LogP contribution in [0, 0.1) is 0 Å².